The van der Waals surface area contributed by atoms with Gasteiger partial charge in [0.05, 0.1) is 0 Å². The third-order valence-electron chi connectivity index (χ3n) is 3.70. The molecule has 0 radical (unpaired) electrons. The van der Waals surface area contributed by atoms with E-state index >= 15 is 0 Å². The third kappa shape index (κ3) is 4.86. The van der Waals surface area contributed by atoms with Gasteiger partial charge < -0.3 is 16.0 Å². The molecule has 5 heteroatoms. The largest absolute Gasteiger partial charge is 0.343 e. The number of anilines is 1. The number of rotatable bonds is 6. The molecule has 3 N–H and O–H groups in total. The average molecular weight is 289 g/mol. The van der Waals surface area contributed by atoms with E-state index in [9.17, 15) is 9.59 Å². The summed E-state index contributed by atoms with van der Waals surface area (Å²) in [5.41, 5.74) is 7.21. The Kier molecular flexibility index (Phi) is 5.75. The highest BCUT2D eigenvalue weighted by atomic mass is 16.2. The maximum Gasteiger partial charge on any atom is 0.225 e. The summed E-state index contributed by atoms with van der Waals surface area (Å²) >= 11 is 0. The second kappa shape index (κ2) is 7.78. The predicted molar refractivity (Wildman–Crippen MR) is 82.9 cm³/mol. The average Bonchev–Trinajstić information content (AvgIpc) is 3.01. The Morgan fingerprint density at radius 3 is 2.38 bits per heavy atom. The fourth-order valence-electron chi connectivity index (χ4n) is 2.49. The molecule has 0 atom stereocenters. The van der Waals surface area contributed by atoms with Crippen LogP contribution in [-0.4, -0.2) is 36.3 Å². The summed E-state index contributed by atoms with van der Waals surface area (Å²) in [6.07, 6.45) is 3.88. The van der Waals surface area contributed by atoms with Gasteiger partial charge in [-0.25, -0.2) is 0 Å². The van der Waals surface area contributed by atoms with E-state index in [0.29, 0.717) is 19.4 Å². The molecule has 1 aliphatic rings. The molecule has 0 unspecified atom stereocenters. The number of carbonyl (C=O) groups is 2. The van der Waals surface area contributed by atoms with E-state index in [1.807, 2.05) is 29.2 Å². The maximum absolute atomic E-state index is 12.0. The van der Waals surface area contributed by atoms with Gasteiger partial charge in [-0.05, 0) is 37.0 Å². The van der Waals surface area contributed by atoms with E-state index in [1.165, 1.54) is 0 Å². The molecule has 1 aromatic rings. The van der Waals surface area contributed by atoms with Crippen LogP contribution in [0.15, 0.2) is 24.3 Å². The van der Waals surface area contributed by atoms with Gasteiger partial charge in [0.1, 0.15) is 0 Å². The summed E-state index contributed by atoms with van der Waals surface area (Å²) < 4.78 is 0. The lowest BCUT2D eigenvalue weighted by molar-refractivity contribution is -0.130. The van der Waals surface area contributed by atoms with Crippen LogP contribution in [0, 0.1) is 0 Å². The number of nitrogens with two attached hydrogens (primary N) is 1. The number of likely N-dealkylation sites (tertiary alicyclic amines) is 1. The fraction of sp³-hybridized carbons (Fsp3) is 0.500. The molecule has 5 nitrogen and oxygen atoms in total. The summed E-state index contributed by atoms with van der Waals surface area (Å²) in [7, 11) is 0. The lowest BCUT2D eigenvalue weighted by atomic mass is 10.1. The van der Waals surface area contributed by atoms with Crippen molar-refractivity contribution in [2.45, 2.75) is 32.1 Å². The number of nitrogens with one attached hydrogen (secondary N) is 1. The molecule has 1 heterocycles. The molecule has 1 saturated heterocycles. The summed E-state index contributed by atoms with van der Waals surface area (Å²) in [4.78, 5) is 25.3. The van der Waals surface area contributed by atoms with Crippen LogP contribution in [0.4, 0.5) is 5.69 Å². The van der Waals surface area contributed by atoms with E-state index in [1.54, 1.807) is 0 Å². The molecule has 1 aliphatic heterocycles. The summed E-state index contributed by atoms with van der Waals surface area (Å²) in [5, 5.41) is 2.79. The fourth-order valence-corrected chi connectivity index (χ4v) is 2.49. The number of carbonyl (C=O) groups excluding carboxylic acids is 2. The minimum absolute atomic E-state index is 0.0746. The monoisotopic (exact) mass is 289 g/mol. The first kappa shape index (κ1) is 15.5. The van der Waals surface area contributed by atoms with Gasteiger partial charge in [0.25, 0.3) is 0 Å². The van der Waals surface area contributed by atoms with Crippen molar-refractivity contribution in [3.8, 4) is 0 Å². The Bertz CT molecular complexity index is 479. The van der Waals surface area contributed by atoms with Crippen LogP contribution < -0.4 is 11.1 Å². The van der Waals surface area contributed by atoms with Crippen molar-refractivity contribution in [2.24, 2.45) is 5.73 Å². The number of hydrogen-bond acceptors (Lipinski definition) is 3. The molecule has 1 aromatic carbocycles. The van der Waals surface area contributed by atoms with Gasteiger partial charge >= 0.3 is 0 Å². The normalized spacial score (nSPS) is 14.2. The summed E-state index contributed by atoms with van der Waals surface area (Å²) in [6.45, 7) is 2.17. The van der Waals surface area contributed by atoms with Crippen molar-refractivity contribution in [2.75, 3.05) is 25.0 Å². The molecular formula is C16H23N3O2. The van der Waals surface area contributed by atoms with Crippen LogP contribution in [0.2, 0.25) is 0 Å². The zero-order valence-electron chi connectivity index (χ0n) is 12.3. The van der Waals surface area contributed by atoms with Crippen molar-refractivity contribution in [3.05, 3.63) is 29.8 Å². The first-order valence-corrected chi connectivity index (χ1v) is 7.55. The van der Waals surface area contributed by atoms with Gasteiger partial charge in [0.15, 0.2) is 0 Å². The first-order chi connectivity index (χ1) is 10.2. The van der Waals surface area contributed by atoms with Gasteiger partial charge in [0, 0.05) is 38.2 Å². The van der Waals surface area contributed by atoms with E-state index in [-0.39, 0.29) is 11.8 Å². The SMILES string of the molecule is NCCC(=O)Nc1ccc(CCC(=O)N2CCCC2)cc1. The molecule has 114 valence electrons. The highest BCUT2D eigenvalue weighted by Crippen LogP contribution is 2.14. The van der Waals surface area contributed by atoms with Gasteiger partial charge in [0.2, 0.25) is 11.8 Å². The maximum atomic E-state index is 12.0. The molecule has 0 bridgehead atoms. The Labute approximate surface area is 125 Å². The van der Waals surface area contributed by atoms with Crippen molar-refractivity contribution in [1.82, 2.24) is 4.90 Å². The van der Waals surface area contributed by atoms with Gasteiger partial charge in [-0.2, -0.15) is 0 Å². The van der Waals surface area contributed by atoms with Crippen LogP contribution >= 0.6 is 0 Å². The van der Waals surface area contributed by atoms with Crippen LogP contribution in [0.5, 0.6) is 0 Å². The molecule has 2 rings (SSSR count). The number of amides is 2. The molecule has 0 saturated carbocycles. The van der Waals surface area contributed by atoms with E-state index in [2.05, 4.69) is 5.32 Å². The van der Waals surface area contributed by atoms with Crippen molar-refractivity contribution >= 4 is 17.5 Å². The van der Waals surface area contributed by atoms with Crippen molar-refractivity contribution < 1.29 is 9.59 Å². The van der Waals surface area contributed by atoms with Crippen molar-refractivity contribution in [1.29, 1.82) is 0 Å². The molecule has 1 fully saturated rings. The van der Waals surface area contributed by atoms with E-state index in [4.69, 9.17) is 5.73 Å². The van der Waals surface area contributed by atoms with Crippen LogP contribution in [0.1, 0.15) is 31.2 Å². The highest BCUT2D eigenvalue weighted by molar-refractivity contribution is 5.90. The first-order valence-electron chi connectivity index (χ1n) is 7.55. The lowest BCUT2D eigenvalue weighted by Gasteiger charge is -2.15. The number of aryl methyl sites for hydroxylation is 1. The molecule has 0 spiro atoms. The van der Waals surface area contributed by atoms with Crippen LogP contribution in [-0.2, 0) is 16.0 Å². The molecule has 0 aliphatic carbocycles. The zero-order valence-corrected chi connectivity index (χ0v) is 12.3. The minimum atomic E-state index is -0.0746. The molecular weight excluding hydrogens is 266 g/mol. The lowest BCUT2D eigenvalue weighted by Crippen LogP contribution is -2.27. The van der Waals surface area contributed by atoms with Crippen LogP contribution in [0.3, 0.4) is 0 Å². The Balaban J connectivity index is 1.79. The van der Waals surface area contributed by atoms with Crippen LogP contribution in [0.25, 0.3) is 0 Å². The summed E-state index contributed by atoms with van der Waals surface area (Å²) in [5.74, 6) is 0.169. The third-order valence-corrected chi connectivity index (χ3v) is 3.70. The van der Waals surface area contributed by atoms with E-state index < -0.39 is 0 Å². The topological polar surface area (TPSA) is 75.4 Å². The molecule has 2 amide bonds. The smallest absolute Gasteiger partial charge is 0.225 e. The molecule has 0 aromatic heterocycles. The number of hydrogen-bond donors (Lipinski definition) is 2. The Hall–Kier alpha value is -1.88. The van der Waals surface area contributed by atoms with Gasteiger partial charge in [-0.15, -0.1) is 0 Å². The Morgan fingerprint density at radius 1 is 1.10 bits per heavy atom. The number of nitrogens with zero attached hydrogens (tertiary/aromatic N) is 1. The predicted octanol–water partition coefficient (Wildman–Crippen LogP) is 1.53. The molecule has 21 heavy (non-hydrogen) atoms. The van der Waals surface area contributed by atoms with Crippen molar-refractivity contribution in [3.63, 3.8) is 0 Å². The van der Waals surface area contributed by atoms with Gasteiger partial charge in [-0.1, -0.05) is 12.1 Å². The Morgan fingerprint density at radius 2 is 1.76 bits per heavy atom. The standard InChI is InChI=1S/C16H23N3O2/c17-10-9-15(20)18-14-6-3-13(4-7-14)5-8-16(21)19-11-1-2-12-19/h3-4,6-7H,1-2,5,8-12,17H2,(H,18,20). The van der Waals surface area contributed by atoms with E-state index in [0.717, 1.165) is 43.6 Å². The summed E-state index contributed by atoms with van der Waals surface area (Å²) in [6, 6.07) is 7.64. The highest BCUT2D eigenvalue weighted by Gasteiger charge is 2.17. The zero-order chi connectivity index (χ0) is 15.1. The second-order valence-electron chi connectivity index (χ2n) is 5.37. The second-order valence-corrected chi connectivity index (χ2v) is 5.37. The minimum Gasteiger partial charge on any atom is -0.343 e. The quantitative estimate of drug-likeness (QED) is 0.834. The number of benzene rings is 1. The van der Waals surface area contributed by atoms with Gasteiger partial charge in [-0.3, -0.25) is 9.59 Å².